The number of hydrogen-bond donors (Lipinski definition) is 1. The standard InChI is InChI=1S/C12H10N4O2S2/c1-6-5-19-12-14-4-8(10(18)16(6)12)9(17)15-11-13-3-7(2)20-11/h3-5H,1-2H3,(H,13,15,17). The molecular weight excluding hydrogens is 296 g/mol. The van der Waals surface area contributed by atoms with E-state index < -0.39 is 5.91 Å². The lowest BCUT2D eigenvalue weighted by Gasteiger charge is -2.02. The Morgan fingerprint density at radius 1 is 1.30 bits per heavy atom. The van der Waals surface area contributed by atoms with Gasteiger partial charge < -0.3 is 0 Å². The van der Waals surface area contributed by atoms with Crippen molar-refractivity contribution >= 4 is 38.7 Å². The average Bonchev–Trinajstić information content (AvgIpc) is 2.97. The van der Waals surface area contributed by atoms with Crippen LogP contribution in [0.4, 0.5) is 5.13 Å². The van der Waals surface area contributed by atoms with Gasteiger partial charge in [0, 0.05) is 28.3 Å². The van der Waals surface area contributed by atoms with Gasteiger partial charge in [-0.3, -0.25) is 19.3 Å². The van der Waals surface area contributed by atoms with Crippen LogP contribution in [0.1, 0.15) is 20.9 Å². The third kappa shape index (κ3) is 2.12. The zero-order chi connectivity index (χ0) is 14.3. The van der Waals surface area contributed by atoms with E-state index in [1.54, 1.807) is 13.1 Å². The van der Waals surface area contributed by atoms with Crippen LogP contribution in [-0.2, 0) is 0 Å². The number of rotatable bonds is 2. The van der Waals surface area contributed by atoms with Gasteiger partial charge in [0.15, 0.2) is 10.1 Å². The summed E-state index contributed by atoms with van der Waals surface area (Å²) in [6.07, 6.45) is 2.97. The van der Waals surface area contributed by atoms with Crippen molar-refractivity contribution < 1.29 is 4.79 Å². The molecule has 0 spiro atoms. The molecule has 20 heavy (non-hydrogen) atoms. The smallest absolute Gasteiger partial charge is 0.271 e. The van der Waals surface area contributed by atoms with E-state index in [1.807, 2.05) is 12.3 Å². The molecule has 0 aliphatic heterocycles. The average molecular weight is 306 g/mol. The maximum Gasteiger partial charge on any atom is 0.271 e. The summed E-state index contributed by atoms with van der Waals surface area (Å²) in [6.45, 7) is 3.70. The molecule has 0 radical (unpaired) electrons. The number of hydrogen-bond acceptors (Lipinski definition) is 6. The van der Waals surface area contributed by atoms with Crippen molar-refractivity contribution in [3.05, 3.63) is 44.3 Å². The Kier molecular flexibility index (Phi) is 3.11. The summed E-state index contributed by atoms with van der Waals surface area (Å²) in [5.74, 6) is -0.489. The largest absolute Gasteiger partial charge is 0.298 e. The molecule has 0 aromatic carbocycles. The third-order valence-corrected chi connectivity index (χ3v) is 4.49. The second kappa shape index (κ2) is 4.80. The normalized spacial score (nSPS) is 10.9. The molecule has 102 valence electrons. The third-order valence-electron chi connectivity index (χ3n) is 2.70. The summed E-state index contributed by atoms with van der Waals surface area (Å²) in [5.41, 5.74) is 0.415. The predicted molar refractivity (Wildman–Crippen MR) is 78.9 cm³/mol. The van der Waals surface area contributed by atoms with Crippen molar-refractivity contribution in [2.75, 3.05) is 5.32 Å². The molecule has 3 heterocycles. The number of aryl methyl sites for hydroxylation is 2. The molecule has 1 amide bonds. The highest BCUT2D eigenvalue weighted by atomic mass is 32.1. The van der Waals surface area contributed by atoms with E-state index in [0.29, 0.717) is 10.1 Å². The predicted octanol–water partition coefficient (Wildman–Crippen LogP) is 2.08. The Bertz CT molecular complexity index is 862. The summed E-state index contributed by atoms with van der Waals surface area (Å²) < 4.78 is 1.44. The minimum absolute atomic E-state index is 0.0110. The van der Waals surface area contributed by atoms with E-state index >= 15 is 0 Å². The quantitative estimate of drug-likeness (QED) is 0.786. The first-order valence-corrected chi connectivity index (χ1v) is 7.45. The van der Waals surface area contributed by atoms with E-state index in [4.69, 9.17) is 0 Å². The number of aromatic nitrogens is 3. The Balaban J connectivity index is 2.01. The minimum Gasteiger partial charge on any atom is -0.298 e. The molecular formula is C12H10N4O2S2. The van der Waals surface area contributed by atoms with Crippen molar-refractivity contribution in [1.29, 1.82) is 0 Å². The van der Waals surface area contributed by atoms with Crippen LogP contribution >= 0.6 is 22.7 Å². The topological polar surface area (TPSA) is 76.4 Å². The van der Waals surface area contributed by atoms with Crippen LogP contribution in [0, 0.1) is 13.8 Å². The van der Waals surface area contributed by atoms with Crippen LogP contribution in [0.5, 0.6) is 0 Å². The van der Waals surface area contributed by atoms with Gasteiger partial charge in [0.05, 0.1) is 0 Å². The fourth-order valence-corrected chi connectivity index (χ4v) is 3.24. The SMILES string of the molecule is Cc1cnc(NC(=O)c2cnc3scc(C)n3c2=O)s1. The van der Waals surface area contributed by atoms with Gasteiger partial charge >= 0.3 is 0 Å². The number of thiazole rings is 2. The minimum atomic E-state index is -0.489. The molecule has 0 unspecified atom stereocenters. The van der Waals surface area contributed by atoms with Gasteiger partial charge in [-0.1, -0.05) is 0 Å². The molecule has 0 saturated carbocycles. The lowest BCUT2D eigenvalue weighted by molar-refractivity contribution is 0.102. The number of nitrogens with one attached hydrogen (secondary N) is 1. The highest BCUT2D eigenvalue weighted by Gasteiger charge is 2.16. The van der Waals surface area contributed by atoms with E-state index in [0.717, 1.165) is 10.6 Å². The van der Waals surface area contributed by atoms with Crippen molar-refractivity contribution in [3.8, 4) is 0 Å². The number of fused-ring (bicyclic) bond motifs is 1. The first-order chi connectivity index (χ1) is 9.56. The van der Waals surface area contributed by atoms with Crippen LogP contribution in [0.2, 0.25) is 0 Å². The van der Waals surface area contributed by atoms with Gasteiger partial charge in [0.2, 0.25) is 0 Å². The molecule has 0 fully saturated rings. The highest BCUT2D eigenvalue weighted by Crippen LogP contribution is 2.17. The zero-order valence-electron chi connectivity index (χ0n) is 10.7. The number of amides is 1. The zero-order valence-corrected chi connectivity index (χ0v) is 12.3. The van der Waals surface area contributed by atoms with E-state index in [1.165, 1.54) is 33.3 Å². The van der Waals surface area contributed by atoms with Gasteiger partial charge in [-0.2, -0.15) is 0 Å². The molecule has 3 aromatic heterocycles. The van der Waals surface area contributed by atoms with Gasteiger partial charge in [-0.05, 0) is 13.8 Å². The van der Waals surface area contributed by atoms with E-state index in [-0.39, 0.29) is 11.1 Å². The van der Waals surface area contributed by atoms with Crippen molar-refractivity contribution in [2.24, 2.45) is 0 Å². The summed E-state index contributed by atoms with van der Waals surface area (Å²) in [5, 5.41) is 4.92. The van der Waals surface area contributed by atoms with Crippen molar-refractivity contribution in [3.63, 3.8) is 0 Å². The van der Waals surface area contributed by atoms with Crippen LogP contribution < -0.4 is 10.9 Å². The Morgan fingerprint density at radius 2 is 2.10 bits per heavy atom. The molecule has 0 saturated heterocycles. The van der Waals surface area contributed by atoms with Gasteiger partial charge in [-0.15, -0.1) is 22.7 Å². The number of carbonyl (C=O) groups excluding carboxylic acids is 1. The number of carbonyl (C=O) groups is 1. The molecule has 8 heteroatoms. The second-order valence-corrected chi connectivity index (χ2v) is 6.27. The Labute approximate surface area is 121 Å². The summed E-state index contributed by atoms with van der Waals surface area (Å²) in [6, 6.07) is 0. The summed E-state index contributed by atoms with van der Waals surface area (Å²) >= 11 is 2.72. The van der Waals surface area contributed by atoms with Gasteiger partial charge in [0.1, 0.15) is 5.56 Å². The first kappa shape index (κ1) is 12.9. The van der Waals surface area contributed by atoms with Crippen LogP contribution in [0.25, 0.3) is 4.96 Å². The van der Waals surface area contributed by atoms with Gasteiger partial charge in [-0.25, -0.2) is 9.97 Å². The lowest BCUT2D eigenvalue weighted by atomic mass is 10.3. The summed E-state index contributed by atoms with van der Waals surface area (Å²) in [7, 11) is 0. The van der Waals surface area contributed by atoms with Crippen molar-refractivity contribution in [1.82, 2.24) is 14.4 Å². The molecule has 0 aliphatic carbocycles. The number of anilines is 1. The molecule has 0 bridgehead atoms. The maximum atomic E-state index is 12.3. The van der Waals surface area contributed by atoms with E-state index in [9.17, 15) is 9.59 Å². The van der Waals surface area contributed by atoms with E-state index in [2.05, 4.69) is 15.3 Å². The Morgan fingerprint density at radius 3 is 2.80 bits per heavy atom. The molecule has 0 atom stereocenters. The highest BCUT2D eigenvalue weighted by molar-refractivity contribution is 7.15. The molecule has 3 rings (SSSR count). The van der Waals surface area contributed by atoms with Gasteiger partial charge in [0.25, 0.3) is 11.5 Å². The maximum absolute atomic E-state index is 12.3. The number of nitrogens with zero attached hydrogens (tertiary/aromatic N) is 3. The first-order valence-electron chi connectivity index (χ1n) is 5.76. The fraction of sp³-hybridized carbons (Fsp3) is 0.167. The lowest BCUT2D eigenvalue weighted by Crippen LogP contribution is -2.26. The van der Waals surface area contributed by atoms with Crippen molar-refractivity contribution in [2.45, 2.75) is 13.8 Å². The van der Waals surface area contributed by atoms with Crippen LogP contribution in [0.3, 0.4) is 0 Å². The molecule has 0 aliphatic rings. The Hall–Kier alpha value is -2.06. The molecule has 6 nitrogen and oxygen atoms in total. The van der Waals surface area contributed by atoms with Crippen LogP contribution in [0.15, 0.2) is 22.6 Å². The molecule has 3 aromatic rings. The van der Waals surface area contributed by atoms with Crippen LogP contribution in [-0.4, -0.2) is 20.3 Å². The fourth-order valence-electron chi connectivity index (χ4n) is 1.76. The second-order valence-electron chi connectivity index (χ2n) is 4.20. The summed E-state index contributed by atoms with van der Waals surface area (Å²) in [4.78, 5) is 34.2. The monoisotopic (exact) mass is 306 g/mol. The molecule has 1 N–H and O–H groups in total.